The molecule has 0 rings (SSSR count). The molecule has 0 radical (unpaired) electrons. The molecule has 3 heteroatoms. The molecular weight excluding hydrogens is 344 g/mol. The molecule has 0 aromatic rings. The van der Waals surface area contributed by atoms with Crippen molar-refractivity contribution in [2.45, 2.75) is 111 Å². The van der Waals surface area contributed by atoms with Crippen LogP contribution in [0.3, 0.4) is 0 Å². The molecule has 1 N–H and O–H groups in total. The minimum Gasteiger partial charge on any atom is -0.465 e. The van der Waals surface area contributed by atoms with Gasteiger partial charge in [0.1, 0.15) is 0 Å². The summed E-state index contributed by atoms with van der Waals surface area (Å²) in [6.45, 7) is 11.3. The van der Waals surface area contributed by atoms with E-state index in [1.165, 1.54) is 38.5 Å². The summed E-state index contributed by atoms with van der Waals surface area (Å²) in [5, 5.41) is 3.28. The summed E-state index contributed by atoms with van der Waals surface area (Å²) < 4.78 is 5.80. The molecule has 0 aliphatic carbocycles. The number of allylic oxidation sites excluding steroid dienone is 6. The number of rotatable bonds is 16. The van der Waals surface area contributed by atoms with Crippen LogP contribution in [0, 0.1) is 0 Å². The van der Waals surface area contributed by atoms with E-state index >= 15 is 0 Å². The molecule has 0 aromatic carbocycles. The third-order valence-corrected chi connectivity index (χ3v) is 4.07. The van der Waals surface area contributed by atoms with Gasteiger partial charge in [0.25, 0.3) is 6.02 Å². The second kappa shape index (κ2) is 20.2. The fourth-order valence-corrected chi connectivity index (χ4v) is 2.66. The second-order valence-corrected chi connectivity index (χ2v) is 7.88. The van der Waals surface area contributed by atoms with E-state index in [2.05, 4.69) is 81.4 Å². The Morgan fingerprint density at radius 1 is 0.786 bits per heavy atom. The number of aliphatic imine (C=N–C) groups is 1. The summed E-state index contributed by atoms with van der Waals surface area (Å²) in [5.74, 6) is 0. The van der Waals surface area contributed by atoms with Gasteiger partial charge in [-0.3, -0.25) is 0 Å². The van der Waals surface area contributed by atoms with E-state index in [1.54, 1.807) is 0 Å². The standard InChI is InChI=1S/C25H46N2O/c1-6-7-8-9-10-11-12-13-14-15-16-17-18-19-20-21-22-28-25(26-23(2)3)27-24(4)5/h7-8,10-11,13-14,23-24H,6,9,12,15-22H2,1-5H3,(H,26,27)/b8-7-,11-10-,14-13-. The Morgan fingerprint density at radius 2 is 1.36 bits per heavy atom. The first-order chi connectivity index (χ1) is 13.6. The van der Waals surface area contributed by atoms with Gasteiger partial charge in [0.15, 0.2) is 0 Å². The van der Waals surface area contributed by atoms with Crippen LogP contribution >= 0.6 is 0 Å². The number of amidine groups is 1. The van der Waals surface area contributed by atoms with Crippen molar-refractivity contribution in [2.24, 2.45) is 4.99 Å². The second-order valence-electron chi connectivity index (χ2n) is 7.88. The number of hydrogen-bond acceptors (Lipinski definition) is 2. The van der Waals surface area contributed by atoms with Gasteiger partial charge >= 0.3 is 0 Å². The first kappa shape index (κ1) is 26.5. The van der Waals surface area contributed by atoms with Gasteiger partial charge in [-0.05, 0) is 66.2 Å². The maximum absolute atomic E-state index is 5.80. The van der Waals surface area contributed by atoms with Crippen molar-refractivity contribution in [3.63, 3.8) is 0 Å². The Kier molecular flexibility index (Phi) is 19.1. The Balaban J connectivity index is 3.52. The van der Waals surface area contributed by atoms with Crippen LogP contribution in [-0.4, -0.2) is 24.7 Å². The Hall–Kier alpha value is -1.51. The summed E-state index contributed by atoms with van der Waals surface area (Å²) in [5.41, 5.74) is 0. The zero-order valence-electron chi connectivity index (χ0n) is 19.3. The summed E-state index contributed by atoms with van der Waals surface area (Å²) >= 11 is 0. The van der Waals surface area contributed by atoms with Crippen molar-refractivity contribution < 1.29 is 4.74 Å². The van der Waals surface area contributed by atoms with Gasteiger partial charge in [-0.15, -0.1) is 0 Å². The smallest absolute Gasteiger partial charge is 0.285 e. The Labute approximate surface area is 175 Å². The quantitative estimate of drug-likeness (QED) is 0.129. The molecule has 0 bridgehead atoms. The maximum atomic E-state index is 5.80. The van der Waals surface area contributed by atoms with Gasteiger partial charge in [0.2, 0.25) is 0 Å². The van der Waals surface area contributed by atoms with E-state index < -0.39 is 0 Å². The van der Waals surface area contributed by atoms with E-state index in [4.69, 9.17) is 4.74 Å². The van der Waals surface area contributed by atoms with Crippen LogP contribution < -0.4 is 5.32 Å². The average Bonchev–Trinajstić information content (AvgIpc) is 2.63. The van der Waals surface area contributed by atoms with Crippen molar-refractivity contribution in [1.29, 1.82) is 0 Å². The first-order valence-electron chi connectivity index (χ1n) is 11.5. The van der Waals surface area contributed by atoms with Crippen molar-refractivity contribution in [2.75, 3.05) is 6.61 Å². The SMILES string of the molecule is CC/C=C\C/C=C\C/C=C\CCCCCCCCOC(=NC(C)C)NC(C)C. The van der Waals surface area contributed by atoms with Crippen molar-refractivity contribution in [1.82, 2.24) is 5.32 Å². The predicted octanol–water partition coefficient (Wildman–Crippen LogP) is 7.35. The normalized spacial score (nSPS) is 13.0. The van der Waals surface area contributed by atoms with E-state index in [-0.39, 0.29) is 6.04 Å². The minimum absolute atomic E-state index is 0.259. The highest BCUT2D eigenvalue weighted by Gasteiger charge is 2.03. The highest BCUT2D eigenvalue weighted by Crippen LogP contribution is 2.08. The van der Waals surface area contributed by atoms with Gasteiger partial charge < -0.3 is 10.1 Å². The molecule has 28 heavy (non-hydrogen) atoms. The van der Waals surface area contributed by atoms with E-state index in [0.29, 0.717) is 12.1 Å². The minimum atomic E-state index is 0.259. The molecule has 162 valence electrons. The monoisotopic (exact) mass is 390 g/mol. The fourth-order valence-electron chi connectivity index (χ4n) is 2.66. The highest BCUT2D eigenvalue weighted by molar-refractivity contribution is 5.73. The summed E-state index contributed by atoms with van der Waals surface area (Å²) in [7, 11) is 0. The molecule has 0 heterocycles. The summed E-state index contributed by atoms with van der Waals surface area (Å²) in [6.07, 6.45) is 25.7. The number of ether oxygens (including phenoxy) is 1. The number of hydrogen-bond donors (Lipinski definition) is 1. The third kappa shape index (κ3) is 20.8. The van der Waals surface area contributed by atoms with Gasteiger partial charge in [0.05, 0.1) is 6.61 Å². The molecule has 0 aliphatic rings. The zero-order chi connectivity index (χ0) is 20.9. The third-order valence-electron chi connectivity index (χ3n) is 4.07. The van der Waals surface area contributed by atoms with Crippen molar-refractivity contribution >= 4 is 6.02 Å². The van der Waals surface area contributed by atoms with E-state index in [0.717, 1.165) is 32.3 Å². The molecular formula is C25H46N2O. The highest BCUT2D eigenvalue weighted by atomic mass is 16.5. The molecule has 0 saturated carbocycles. The van der Waals surface area contributed by atoms with Gasteiger partial charge in [-0.2, -0.15) is 0 Å². The largest absolute Gasteiger partial charge is 0.465 e. The van der Waals surface area contributed by atoms with Gasteiger partial charge in [-0.1, -0.05) is 69.1 Å². The molecule has 0 fully saturated rings. The van der Waals surface area contributed by atoms with Crippen LogP contribution in [0.4, 0.5) is 0 Å². The lowest BCUT2D eigenvalue weighted by molar-refractivity contribution is 0.272. The number of nitrogens with one attached hydrogen (secondary N) is 1. The summed E-state index contributed by atoms with van der Waals surface area (Å²) in [4.78, 5) is 4.50. The van der Waals surface area contributed by atoms with Crippen molar-refractivity contribution in [3.05, 3.63) is 36.5 Å². The van der Waals surface area contributed by atoms with Crippen LogP contribution in [0.1, 0.15) is 98.8 Å². The molecule has 3 nitrogen and oxygen atoms in total. The summed E-state index contributed by atoms with van der Waals surface area (Å²) in [6, 6.07) is 1.31. The number of nitrogens with zero attached hydrogens (tertiary/aromatic N) is 1. The molecule has 0 aromatic heterocycles. The lowest BCUT2D eigenvalue weighted by Crippen LogP contribution is -2.33. The average molecular weight is 391 g/mol. The van der Waals surface area contributed by atoms with Crippen LogP contribution in [0.5, 0.6) is 0 Å². The topological polar surface area (TPSA) is 33.6 Å². The molecule has 0 amide bonds. The van der Waals surface area contributed by atoms with Crippen LogP contribution in [0.25, 0.3) is 0 Å². The maximum Gasteiger partial charge on any atom is 0.285 e. The van der Waals surface area contributed by atoms with Crippen LogP contribution in [0.15, 0.2) is 41.4 Å². The fraction of sp³-hybridized carbons (Fsp3) is 0.720. The lowest BCUT2D eigenvalue weighted by Gasteiger charge is -2.15. The Bertz CT molecular complexity index is 447. The van der Waals surface area contributed by atoms with Gasteiger partial charge in [-0.25, -0.2) is 4.99 Å². The zero-order valence-corrected chi connectivity index (χ0v) is 19.3. The molecule has 0 saturated heterocycles. The molecule has 0 unspecified atom stereocenters. The van der Waals surface area contributed by atoms with E-state index in [1.807, 2.05) is 0 Å². The van der Waals surface area contributed by atoms with Crippen LogP contribution in [-0.2, 0) is 4.74 Å². The van der Waals surface area contributed by atoms with Crippen molar-refractivity contribution in [3.8, 4) is 0 Å². The predicted molar refractivity (Wildman–Crippen MR) is 126 cm³/mol. The first-order valence-corrected chi connectivity index (χ1v) is 11.5. The van der Waals surface area contributed by atoms with Gasteiger partial charge in [0, 0.05) is 12.1 Å². The molecule has 0 spiro atoms. The molecule has 0 aliphatic heterocycles. The number of unbranched alkanes of at least 4 members (excludes halogenated alkanes) is 6. The lowest BCUT2D eigenvalue weighted by atomic mass is 10.1. The van der Waals surface area contributed by atoms with E-state index in [9.17, 15) is 0 Å². The Morgan fingerprint density at radius 3 is 1.96 bits per heavy atom. The van der Waals surface area contributed by atoms with Crippen LogP contribution in [0.2, 0.25) is 0 Å². The molecule has 0 atom stereocenters.